The van der Waals surface area contributed by atoms with Crippen LogP contribution in [0.15, 0.2) is 60.7 Å². The number of rotatable bonds is 2. The highest BCUT2D eigenvalue weighted by atomic mass is 16.2. The summed E-state index contributed by atoms with van der Waals surface area (Å²) in [7, 11) is 0. The summed E-state index contributed by atoms with van der Waals surface area (Å²) in [5.41, 5.74) is 1.78. The van der Waals surface area contributed by atoms with Gasteiger partial charge in [-0.3, -0.25) is 0 Å². The summed E-state index contributed by atoms with van der Waals surface area (Å²) < 4.78 is 0. The fourth-order valence-electron chi connectivity index (χ4n) is 1.67. The third-order valence-corrected chi connectivity index (χ3v) is 2.34. The maximum absolute atomic E-state index is 11.7. The molecule has 0 saturated carbocycles. The van der Waals surface area contributed by atoms with Crippen LogP contribution in [0.2, 0.25) is 0 Å². The minimum atomic E-state index is 0.0115. The molecule has 2 heteroatoms. The van der Waals surface area contributed by atoms with Gasteiger partial charge in [-0.2, -0.15) is 0 Å². The van der Waals surface area contributed by atoms with Crippen LogP contribution in [0.1, 0.15) is 6.92 Å². The van der Waals surface area contributed by atoms with E-state index in [1.807, 2.05) is 60.7 Å². The highest BCUT2D eigenvalue weighted by Gasteiger charge is 2.27. The van der Waals surface area contributed by atoms with Gasteiger partial charge in [0.15, 0.2) is 11.4 Å². The summed E-state index contributed by atoms with van der Waals surface area (Å²) >= 11 is 0. The van der Waals surface area contributed by atoms with Gasteiger partial charge >= 0.3 is 5.91 Å². The number of hydrogen-bond donors (Lipinski definition) is 0. The minimum Gasteiger partial charge on any atom is -0.225 e. The zero-order valence-corrected chi connectivity index (χ0v) is 9.13. The average Bonchev–Trinajstić information content (AvgIpc) is 2.31. The lowest BCUT2D eigenvalue weighted by Crippen LogP contribution is -2.23. The van der Waals surface area contributed by atoms with E-state index in [1.165, 1.54) is 0 Å². The van der Waals surface area contributed by atoms with Crippen LogP contribution in [0.3, 0.4) is 0 Å². The molecule has 0 bridgehead atoms. The molecule has 0 heterocycles. The van der Waals surface area contributed by atoms with Gasteiger partial charge in [-0.1, -0.05) is 36.4 Å². The van der Waals surface area contributed by atoms with Crippen LogP contribution in [-0.4, -0.2) is 5.91 Å². The van der Waals surface area contributed by atoms with E-state index in [1.54, 1.807) is 11.8 Å². The zero-order valence-electron chi connectivity index (χ0n) is 9.13. The highest BCUT2D eigenvalue weighted by Crippen LogP contribution is 2.23. The molecule has 0 atom stereocenters. The summed E-state index contributed by atoms with van der Waals surface area (Å²) in [5, 5.41) is 0. The van der Waals surface area contributed by atoms with Gasteiger partial charge in [0.2, 0.25) is 0 Å². The van der Waals surface area contributed by atoms with Crippen molar-refractivity contribution in [2.45, 2.75) is 6.92 Å². The number of carbonyl (C=O) groups is 1. The predicted octanol–water partition coefficient (Wildman–Crippen LogP) is 3.34. The van der Waals surface area contributed by atoms with Gasteiger partial charge in [0, 0.05) is 24.3 Å². The Bertz CT molecular complexity index is 425. The van der Waals surface area contributed by atoms with Gasteiger partial charge in [0.05, 0.1) is 6.92 Å². The van der Waals surface area contributed by atoms with Gasteiger partial charge in [-0.25, -0.2) is 4.79 Å². The van der Waals surface area contributed by atoms with Gasteiger partial charge in [0.25, 0.3) is 0 Å². The second-order valence-corrected chi connectivity index (χ2v) is 3.53. The lowest BCUT2D eigenvalue weighted by Gasteiger charge is -2.05. The third-order valence-electron chi connectivity index (χ3n) is 2.34. The molecule has 2 aromatic rings. The van der Waals surface area contributed by atoms with E-state index in [9.17, 15) is 4.79 Å². The zero-order chi connectivity index (χ0) is 11.4. The molecule has 0 fully saturated rings. The monoisotopic (exact) mass is 211 g/mol. The standard InChI is InChI=1S/C14H13NO/c1-12(16)15(13-8-4-2-5-9-13)14-10-6-3-7-11-14/h2-11H,1H3/q+1. The van der Waals surface area contributed by atoms with Crippen molar-refractivity contribution in [2.75, 3.05) is 0 Å². The molecule has 1 amide bonds. The van der Waals surface area contributed by atoms with E-state index in [4.69, 9.17) is 0 Å². The Hall–Kier alpha value is -1.93. The van der Waals surface area contributed by atoms with E-state index in [2.05, 4.69) is 0 Å². The molecule has 0 unspecified atom stereocenters. The first-order chi connectivity index (χ1) is 7.79. The molecule has 0 saturated heterocycles. The molecule has 0 spiro atoms. The number of benzene rings is 2. The number of para-hydroxylation sites is 2. The van der Waals surface area contributed by atoms with Gasteiger partial charge in [-0.15, -0.1) is 0 Å². The van der Waals surface area contributed by atoms with E-state index in [-0.39, 0.29) is 5.91 Å². The Balaban J connectivity index is 2.44. The Labute approximate surface area is 95.1 Å². The van der Waals surface area contributed by atoms with E-state index < -0.39 is 0 Å². The third kappa shape index (κ3) is 2.18. The van der Waals surface area contributed by atoms with Crippen molar-refractivity contribution in [1.29, 1.82) is 0 Å². The van der Waals surface area contributed by atoms with Crippen LogP contribution in [0.5, 0.6) is 0 Å². The first kappa shape index (κ1) is 10.6. The quantitative estimate of drug-likeness (QED) is 0.699. The fourth-order valence-corrected chi connectivity index (χ4v) is 1.67. The summed E-state index contributed by atoms with van der Waals surface area (Å²) in [6.07, 6.45) is 0. The first-order valence-electron chi connectivity index (χ1n) is 5.20. The summed E-state index contributed by atoms with van der Waals surface area (Å²) in [6.45, 7) is 1.57. The average molecular weight is 211 g/mol. The van der Waals surface area contributed by atoms with Crippen molar-refractivity contribution in [3.63, 3.8) is 0 Å². The van der Waals surface area contributed by atoms with Gasteiger partial charge in [0.1, 0.15) is 0 Å². The molecule has 16 heavy (non-hydrogen) atoms. The van der Waals surface area contributed by atoms with E-state index in [0.29, 0.717) is 0 Å². The number of carbonyl (C=O) groups excluding carboxylic acids is 1. The lowest BCUT2D eigenvalue weighted by molar-refractivity contribution is -0.120. The van der Waals surface area contributed by atoms with Crippen molar-refractivity contribution in [2.24, 2.45) is 0 Å². The van der Waals surface area contributed by atoms with Crippen LogP contribution in [-0.2, 0) is 4.79 Å². The normalized spacial score (nSPS) is 10.4. The van der Waals surface area contributed by atoms with Crippen molar-refractivity contribution < 1.29 is 4.79 Å². The molecule has 2 rings (SSSR count). The van der Waals surface area contributed by atoms with Gasteiger partial charge in [-0.05, 0) is 4.90 Å². The van der Waals surface area contributed by atoms with Crippen molar-refractivity contribution in [1.82, 2.24) is 4.90 Å². The molecule has 0 aliphatic heterocycles. The van der Waals surface area contributed by atoms with Crippen LogP contribution < -0.4 is 4.90 Å². The Morgan fingerprint density at radius 2 is 1.19 bits per heavy atom. The molecule has 2 aromatic carbocycles. The second-order valence-electron chi connectivity index (χ2n) is 3.53. The molecule has 0 aromatic heterocycles. The fraction of sp³-hybridized carbons (Fsp3) is 0.0714. The Morgan fingerprint density at radius 1 is 0.812 bits per heavy atom. The maximum Gasteiger partial charge on any atom is 0.369 e. The van der Waals surface area contributed by atoms with Crippen LogP contribution in [0.25, 0.3) is 0 Å². The molecular formula is C14H13NO+. The molecule has 0 aliphatic rings. The van der Waals surface area contributed by atoms with Gasteiger partial charge < -0.3 is 0 Å². The van der Waals surface area contributed by atoms with E-state index in [0.717, 1.165) is 11.4 Å². The summed E-state index contributed by atoms with van der Waals surface area (Å²) in [4.78, 5) is 13.4. The van der Waals surface area contributed by atoms with Crippen molar-refractivity contribution in [3.8, 4) is 0 Å². The number of nitrogens with zero attached hydrogens (tertiary/aromatic N) is 1. The Morgan fingerprint density at radius 3 is 1.50 bits per heavy atom. The van der Waals surface area contributed by atoms with Crippen molar-refractivity contribution in [3.05, 3.63) is 60.7 Å². The highest BCUT2D eigenvalue weighted by molar-refractivity contribution is 5.88. The number of hydrogen-bond acceptors (Lipinski definition) is 1. The maximum atomic E-state index is 11.7. The molecule has 0 aliphatic carbocycles. The molecular weight excluding hydrogens is 198 g/mol. The number of amides is 1. The Kier molecular flexibility index (Phi) is 3.13. The molecule has 1 radical (unpaired) electrons. The largest absolute Gasteiger partial charge is 0.369 e. The van der Waals surface area contributed by atoms with Crippen LogP contribution in [0.4, 0.5) is 11.4 Å². The predicted molar refractivity (Wildman–Crippen MR) is 65.0 cm³/mol. The molecule has 0 N–H and O–H groups in total. The molecule has 2 nitrogen and oxygen atoms in total. The smallest absolute Gasteiger partial charge is 0.225 e. The van der Waals surface area contributed by atoms with Crippen LogP contribution in [0, 0.1) is 0 Å². The van der Waals surface area contributed by atoms with Crippen molar-refractivity contribution >= 4 is 17.3 Å². The SMILES string of the molecule is CC(=O)[N+](c1ccccc1)c1ccccc1. The van der Waals surface area contributed by atoms with Crippen LogP contribution >= 0.6 is 0 Å². The minimum absolute atomic E-state index is 0.0115. The topological polar surface area (TPSA) is 23.0 Å². The summed E-state index contributed by atoms with van der Waals surface area (Å²) in [5.74, 6) is 0.0115. The van der Waals surface area contributed by atoms with E-state index >= 15 is 0 Å². The number of anilines is 2. The summed E-state index contributed by atoms with van der Waals surface area (Å²) in [6, 6.07) is 19.3. The second kappa shape index (κ2) is 4.73. The first-order valence-corrected chi connectivity index (χ1v) is 5.20. The lowest BCUT2D eigenvalue weighted by atomic mass is 10.2. The molecule has 79 valence electrons.